The van der Waals surface area contributed by atoms with Gasteiger partial charge in [0.15, 0.2) is 0 Å². The maximum Gasteiger partial charge on any atom is 0.232 e. The highest BCUT2D eigenvalue weighted by atomic mass is 35.5. The molecule has 1 unspecified atom stereocenters. The number of hydrogen-bond acceptors (Lipinski definition) is 6. The zero-order chi connectivity index (χ0) is 17.7. The quantitative estimate of drug-likeness (QED) is 0.618. The van der Waals surface area contributed by atoms with Gasteiger partial charge in [0.1, 0.15) is 0 Å². The van der Waals surface area contributed by atoms with Crippen molar-refractivity contribution in [3.63, 3.8) is 0 Å². The predicted molar refractivity (Wildman–Crippen MR) is 109 cm³/mol. The smallest absolute Gasteiger partial charge is 0.232 e. The largest absolute Gasteiger partial charge is 0.476 e. The van der Waals surface area contributed by atoms with Gasteiger partial charge >= 0.3 is 0 Å². The van der Waals surface area contributed by atoms with Gasteiger partial charge in [-0.05, 0) is 30.5 Å². The van der Waals surface area contributed by atoms with E-state index in [1.807, 2.05) is 24.3 Å². The number of aliphatic hydroxyl groups excluding tert-OH is 2. The van der Waals surface area contributed by atoms with Crippen molar-refractivity contribution in [3.05, 3.63) is 53.4 Å². The Morgan fingerprint density at radius 2 is 1.78 bits per heavy atom. The minimum absolute atomic E-state index is 0. The topological polar surface area (TPSA) is 87.5 Å². The summed E-state index contributed by atoms with van der Waals surface area (Å²) in [5, 5.41) is 24.1. The number of ether oxygens (including phenoxy) is 1. The molecule has 27 heavy (non-hydrogen) atoms. The lowest BCUT2D eigenvalue weighted by Gasteiger charge is -2.29. The van der Waals surface area contributed by atoms with Crippen LogP contribution in [-0.4, -0.2) is 45.5 Å². The third-order valence-electron chi connectivity index (χ3n) is 4.54. The second kappa shape index (κ2) is 11.0. The van der Waals surface area contributed by atoms with Gasteiger partial charge in [-0.1, -0.05) is 23.7 Å². The molecule has 150 valence electrons. The van der Waals surface area contributed by atoms with Crippen LogP contribution >= 0.6 is 36.4 Å². The van der Waals surface area contributed by atoms with Crippen molar-refractivity contribution in [1.82, 2.24) is 15.3 Å². The zero-order valence-corrected chi connectivity index (χ0v) is 17.0. The Morgan fingerprint density at radius 3 is 2.37 bits per heavy atom. The van der Waals surface area contributed by atoms with E-state index in [0.29, 0.717) is 43.4 Å². The highest BCUT2D eigenvalue weighted by molar-refractivity contribution is 6.30. The van der Waals surface area contributed by atoms with Crippen molar-refractivity contribution >= 4 is 36.4 Å². The number of hydrogen-bond donors (Lipinski definition) is 3. The van der Waals surface area contributed by atoms with Gasteiger partial charge in [0.25, 0.3) is 0 Å². The van der Waals surface area contributed by atoms with Gasteiger partial charge in [-0.25, -0.2) is 4.98 Å². The van der Waals surface area contributed by atoms with Gasteiger partial charge in [-0.15, -0.1) is 24.8 Å². The first-order valence-electron chi connectivity index (χ1n) is 8.26. The van der Waals surface area contributed by atoms with Gasteiger partial charge in [0.05, 0.1) is 25.0 Å². The molecule has 0 aliphatic heterocycles. The highest BCUT2D eigenvalue weighted by Crippen LogP contribution is 2.38. The molecule has 1 aliphatic carbocycles. The third-order valence-corrected chi connectivity index (χ3v) is 4.79. The molecule has 3 atom stereocenters. The molecule has 6 nitrogen and oxygen atoms in total. The molecular weight excluding hydrogens is 413 g/mol. The van der Waals surface area contributed by atoms with E-state index in [1.165, 1.54) is 0 Å². The van der Waals surface area contributed by atoms with Gasteiger partial charge in [0, 0.05) is 35.9 Å². The normalized spacial score (nSPS) is 24.0. The molecule has 0 spiro atoms. The van der Waals surface area contributed by atoms with E-state index in [0.717, 1.165) is 5.56 Å². The van der Waals surface area contributed by atoms with Crippen molar-refractivity contribution in [3.8, 4) is 5.88 Å². The molecule has 2 aromatic rings. The summed E-state index contributed by atoms with van der Waals surface area (Å²) in [6.45, 7) is 1.65. The van der Waals surface area contributed by atoms with Crippen LogP contribution in [0.4, 0.5) is 0 Å². The Labute approximate surface area is 176 Å². The van der Waals surface area contributed by atoms with Crippen LogP contribution in [0.15, 0.2) is 42.9 Å². The molecule has 1 aromatic heterocycles. The molecule has 0 bridgehead atoms. The molecule has 1 heterocycles. The Kier molecular flexibility index (Phi) is 9.73. The van der Waals surface area contributed by atoms with Gasteiger partial charge < -0.3 is 20.3 Å². The summed E-state index contributed by atoms with van der Waals surface area (Å²) in [6, 6.07) is 7.65. The van der Waals surface area contributed by atoms with Gasteiger partial charge in [-0.3, -0.25) is 4.98 Å². The Morgan fingerprint density at radius 1 is 1.11 bits per heavy atom. The number of rotatable bonds is 7. The van der Waals surface area contributed by atoms with Crippen LogP contribution in [0.25, 0.3) is 0 Å². The van der Waals surface area contributed by atoms with E-state index in [4.69, 9.17) is 16.3 Å². The lowest BCUT2D eigenvalue weighted by molar-refractivity contribution is 0.0438. The van der Waals surface area contributed by atoms with Crippen LogP contribution < -0.4 is 10.1 Å². The van der Waals surface area contributed by atoms with E-state index >= 15 is 0 Å². The van der Waals surface area contributed by atoms with Crippen molar-refractivity contribution in [2.75, 3.05) is 13.2 Å². The third kappa shape index (κ3) is 6.75. The molecule has 1 aromatic carbocycles. The summed E-state index contributed by atoms with van der Waals surface area (Å²) in [6.07, 6.45) is 4.18. The summed E-state index contributed by atoms with van der Waals surface area (Å²) in [5.41, 5.74) is 0.761. The molecule has 3 N–H and O–H groups in total. The Bertz CT molecular complexity index is 667. The average Bonchev–Trinajstić information content (AvgIpc) is 2.90. The van der Waals surface area contributed by atoms with Crippen LogP contribution in [0.2, 0.25) is 5.02 Å². The van der Waals surface area contributed by atoms with Crippen LogP contribution in [-0.2, 0) is 6.54 Å². The first-order valence-corrected chi connectivity index (χ1v) is 8.64. The van der Waals surface area contributed by atoms with Crippen LogP contribution in [0.3, 0.4) is 0 Å². The predicted octanol–water partition coefficient (Wildman–Crippen LogP) is 2.64. The summed E-state index contributed by atoms with van der Waals surface area (Å²) < 4.78 is 5.76. The van der Waals surface area contributed by atoms with Crippen LogP contribution in [0.5, 0.6) is 5.88 Å². The number of benzene rings is 1. The summed E-state index contributed by atoms with van der Waals surface area (Å²) in [7, 11) is 0. The number of aliphatic hydroxyl groups is 2. The minimum atomic E-state index is -0.734. The van der Waals surface area contributed by atoms with E-state index in [-0.39, 0.29) is 30.2 Å². The van der Waals surface area contributed by atoms with E-state index in [1.54, 1.807) is 18.6 Å². The highest BCUT2D eigenvalue weighted by Gasteiger charge is 2.44. The van der Waals surface area contributed by atoms with E-state index in [2.05, 4.69) is 15.3 Å². The monoisotopic (exact) mass is 435 g/mol. The number of nitrogens with zero attached hydrogens (tertiary/aromatic N) is 2. The SMILES string of the molecule is Cl.Cl.O[C@@H]1CC(CNCc2ccc(Cl)cc2)(COc2cnccn2)C[C@@H]1O. The summed E-state index contributed by atoms with van der Waals surface area (Å²) >= 11 is 5.90. The number of halogens is 3. The zero-order valence-electron chi connectivity index (χ0n) is 14.6. The van der Waals surface area contributed by atoms with Crippen LogP contribution in [0, 0.1) is 5.41 Å². The molecule has 1 fully saturated rings. The van der Waals surface area contributed by atoms with Gasteiger partial charge in [0.2, 0.25) is 5.88 Å². The summed E-state index contributed by atoms with van der Waals surface area (Å²) in [4.78, 5) is 8.08. The second-order valence-electron chi connectivity index (χ2n) is 6.61. The molecule has 1 aliphatic rings. The van der Waals surface area contributed by atoms with Gasteiger partial charge in [-0.2, -0.15) is 0 Å². The van der Waals surface area contributed by atoms with E-state index in [9.17, 15) is 10.2 Å². The summed E-state index contributed by atoms with van der Waals surface area (Å²) in [5.74, 6) is 0.440. The molecule has 0 saturated heterocycles. The Balaban J connectivity index is 0.00000182. The standard InChI is InChI=1S/C18H22ClN3O3.2ClH/c19-14-3-1-13(2-4-14)9-21-11-18(7-15(23)16(24)8-18)12-25-17-10-20-5-6-22-17;;/h1-6,10,15-16,21,23-24H,7-9,11-12H2;2*1H/t15-,16+,18?;;. The molecular formula is C18H24Cl3N3O3. The first-order chi connectivity index (χ1) is 12.1. The van der Waals surface area contributed by atoms with E-state index < -0.39 is 12.2 Å². The van der Waals surface area contributed by atoms with Crippen LogP contribution in [0.1, 0.15) is 18.4 Å². The maximum atomic E-state index is 10.0. The van der Waals surface area contributed by atoms with Crippen molar-refractivity contribution in [1.29, 1.82) is 0 Å². The molecule has 0 radical (unpaired) electrons. The number of nitrogens with one attached hydrogen (secondary N) is 1. The van der Waals surface area contributed by atoms with Crippen molar-refractivity contribution in [2.24, 2.45) is 5.41 Å². The molecule has 3 rings (SSSR count). The second-order valence-corrected chi connectivity index (χ2v) is 7.04. The minimum Gasteiger partial charge on any atom is -0.476 e. The van der Waals surface area contributed by atoms with Crippen molar-refractivity contribution < 1.29 is 14.9 Å². The fourth-order valence-corrected chi connectivity index (χ4v) is 3.34. The molecule has 0 amide bonds. The fraction of sp³-hybridized carbons (Fsp3) is 0.444. The van der Waals surface area contributed by atoms with Crippen molar-refractivity contribution in [2.45, 2.75) is 31.6 Å². The lowest BCUT2D eigenvalue weighted by Crippen LogP contribution is -2.38. The molecule has 1 saturated carbocycles. The average molecular weight is 437 g/mol. The Hall–Kier alpha value is -1.15. The molecule has 9 heteroatoms. The maximum absolute atomic E-state index is 10.0. The lowest BCUT2D eigenvalue weighted by atomic mass is 9.86. The fourth-order valence-electron chi connectivity index (χ4n) is 3.22. The first kappa shape index (κ1) is 23.9. The number of aromatic nitrogens is 2.